The average molecular weight is 747 g/mol. The fraction of sp³-hybridized carbons (Fsp3) is 0. The molecule has 12 aromatic rings. The van der Waals surface area contributed by atoms with Crippen molar-refractivity contribution in [3.05, 3.63) is 182 Å². The van der Waals surface area contributed by atoms with Crippen molar-refractivity contribution in [3.8, 4) is 51.0 Å². The number of nitrogens with zero attached hydrogens (tertiary/aromatic N) is 4. The fourth-order valence-corrected chi connectivity index (χ4v) is 9.57. The van der Waals surface area contributed by atoms with Gasteiger partial charge in [-0.2, -0.15) is 0 Å². The highest BCUT2D eigenvalue weighted by atomic mass is 32.1. The second kappa shape index (κ2) is 12.6. The Kier molecular flexibility index (Phi) is 7.03. The first kappa shape index (κ1) is 31.9. The van der Waals surface area contributed by atoms with Gasteiger partial charge in [0.05, 0.1) is 16.6 Å². The van der Waals surface area contributed by atoms with E-state index in [9.17, 15) is 0 Å². The minimum atomic E-state index is 0.568. The standard InChI is InChI=1S/C51H30N4OS/c1-4-14-31(15-5-1)49-52-50(32-16-6-2-7-17-32)54-51(53-49)38-23-12-22-37-39-28-33(26-27-44(39)56-48(37)38)35-21-13-24-42-47(35)41-29-40-36-20-10-11-25-45(36)57-46(40)30-43(41)55(42)34-18-8-3-9-19-34/h1-30H. The predicted molar refractivity (Wildman–Crippen MR) is 236 cm³/mol. The predicted octanol–water partition coefficient (Wildman–Crippen LogP) is 13.9. The summed E-state index contributed by atoms with van der Waals surface area (Å²) >= 11 is 1.86. The van der Waals surface area contributed by atoms with Crippen molar-refractivity contribution in [1.29, 1.82) is 0 Å². The lowest BCUT2D eigenvalue weighted by Crippen LogP contribution is -2.00. The summed E-state index contributed by atoms with van der Waals surface area (Å²) in [4.78, 5) is 15.0. The molecular weight excluding hydrogens is 717 g/mol. The zero-order chi connectivity index (χ0) is 37.5. The first-order valence-electron chi connectivity index (χ1n) is 19.0. The molecule has 6 heteroatoms. The molecule has 0 aliphatic carbocycles. The molecule has 5 nitrogen and oxygen atoms in total. The van der Waals surface area contributed by atoms with E-state index in [4.69, 9.17) is 19.4 Å². The second-order valence-corrected chi connectivity index (χ2v) is 15.5. The largest absolute Gasteiger partial charge is 0.455 e. The molecule has 0 amide bonds. The fourth-order valence-electron chi connectivity index (χ4n) is 8.45. The summed E-state index contributed by atoms with van der Waals surface area (Å²) in [6.45, 7) is 0. The first-order chi connectivity index (χ1) is 28.2. The Hall–Kier alpha value is -7.41. The van der Waals surface area contributed by atoms with Crippen LogP contribution >= 0.6 is 11.3 Å². The van der Waals surface area contributed by atoms with Crippen LogP contribution in [0.3, 0.4) is 0 Å². The van der Waals surface area contributed by atoms with E-state index >= 15 is 0 Å². The Bertz CT molecular complexity index is 3460. The SMILES string of the molecule is c1ccc(-c2nc(-c3ccccc3)nc(-c3cccc4c3oc3ccc(-c5cccc6c5c5cc7c(cc5n6-c5ccccc5)sc5ccccc57)cc34)n2)cc1. The third-order valence-corrected chi connectivity index (χ3v) is 12.2. The molecule has 0 N–H and O–H groups in total. The third-order valence-electron chi connectivity index (χ3n) is 11.1. The molecule has 0 spiro atoms. The lowest BCUT2D eigenvalue weighted by molar-refractivity contribution is 0.669. The minimum Gasteiger partial charge on any atom is -0.455 e. The van der Waals surface area contributed by atoms with Crippen LogP contribution < -0.4 is 0 Å². The van der Waals surface area contributed by atoms with Gasteiger partial charge in [-0.05, 0) is 65.7 Å². The van der Waals surface area contributed by atoms with Crippen molar-refractivity contribution in [2.75, 3.05) is 0 Å². The molecule has 0 fully saturated rings. The monoisotopic (exact) mass is 746 g/mol. The molecule has 0 saturated heterocycles. The molecule has 4 aromatic heterocycles. The van der Waals surface area contributed by atoms with E-state index in [1.807, 2.05) is 78.1 Å². The number of benzene rings is 8. The Morgan fingerprint density at radius 3 is 1.82 bits per heavy atom. The molecule has 12 rings (SSSR count). The molecule has 0 aliphatic rings. The molecule has 0 bridgehead atoms. The highest BCUT2D eigenvalue weighted by molar-refractivity contribution is 7.25. The average Bonchev–Trinajstić information content (AvgIpc) is 3.95. The van der Waals surface area contributed by atoms with Crippen LogP contribution in [0.1, 0.15) is 0 Å². The van der Waals surface area contributed by atoms with Gasteiger partial charge in [0.15, 0.2) is 17.5 Å². The van der Waals surface area contributed by atoms with Crippen LogP contribution in [0.2, 0.25) is 0 Å². The number of fused-ring (bicyclic) bond motifs is 9. The molecule has 0 aliphatic heterocycles. The summed E-state index contributed by atoms with van der Waals surface area (Å²) in [5.41, 5.74) is 10.1. The van der Waals surface area contributed by atoms with Crippen molar-refractivity contribution in [1.82, 2.24) is 19.5 Å². The lowest BCUT2D eigenvalue weighted by atomic mass is 9.97. The molecule has 0 unspecified atom stereocenters. The number of para-hydroxylation sites is 2. The van der Waals surface area contributed by atoms with Crippen LogP contribution in [0.25, 0.3) is 115 Å². The van der Waals surface area contributed by atoms with E-state index < -0.39 is 0 Å². The summed E-state index contributed by atoms with van der Waals surface area (Å²) in [5.74, 6) is 1.80. The van der Waals surface area contributed by atoms with Crippen LogP contribution in [0, 0.1) is 0 Å². The van der Waals surface area contributed by atoms with Gasteiger partial charge in [0.1, 0.15) is 11.2 Å². The summed E-state index contributed by atoms with van der Waals surface area (Å²) in [6.07, 6.45) is 0. The Labute approximate surface area is 330 Å². The van der Waals surface area contributed by atoms with Crippen molar-refractivity contribution in [2.45, 2.75) is 0 Å². The van der Waals surface area contributed by atoms with Gasteiger partial charge in [-0.15, -0.1) is 11.3 Å². The highest BCUT2D eigenvalue weighted by Crippen LogP contribution is 2.45. The van der Waals surface area contributed by atoms with E-state index in [0.717, 1.165) is 49.9 Å². The van der Waals surface area contributed by atoms with Crippen molar-refractivity contribution < 1.29 is 4.42 Å². The lowest BCUT2D eigenvalue weighted by Gasteiger charge is -2.09. The molecule has 266 valence electrons. The highest BCUT2D eigenvalue weighted by Gasteiger charge is 2.21. The first-order valence-corrected chi connectivity index (χ1v) is 19.8. The van der Waals surface area contributed by atoms with Crippen LogP contribution in [0.15, 0.2) is 186 Å². The van der Waals surface area contributed by atoms with Gasteiger partial charge >= 0.3 is 0 Å². The van der Waals surface area contributed by atoms with Crippen molar-refractivity contribution in [2.24, 2.45) is 0 Å². The van der Waals surface area contributed by atoms with Gasteiger partial charge < -0.3 is 8.98 Å². The van der Waals surface area contributed by atoms with Gasteiger partial charge in [-0.25, -0.2) is 15.0 Å². The van der Waals surface area contributed by atoms with Gasteiger partial charge in [0.2, 0.25) is 0 Å². The maximum Gasteiger partial charge on any atom is 0.167 e. The van der Waals surface area contributed by atoms with Crippen LogP contribution in [-0.4, -0.2) is 19.5 Å². The molecule has 4 heterocycles. The molecule has 57 heavy (non-hydrogen) atoms. The van der Waals surface area contributed by atoms with E-state index in [1.54, 1.807) is 0 Å². The molecular formula is C51H30N4OS. The second-order valence-electron chi connectivity index (χ2n) is 14.4. The quantitative estimate of drug-likeness (QED) is 0.176. The Morgan fingerprint density at radius 1 is 0.404 bits per heavy atom. The number of aromatic nitrogens is 4. The smallest absolute Gasteiger partial charge is 0.167 e. The summed E-state index contributed by atoms with van der Waals surface area (Å²) in [5, 5.41) is 7.10. The molecule has 0 saturated carbocycles. The number of furan rings is 1. The maximum absolute atomic E-state index is 6.72. The number of rotatable bonds is 5. The minimum absolute atomic E-state index is 0.568. The number of hydrogen-bond acceptors (Lipinski definition) is 5. The molecule has 8 aromatic carbocycles. The van der Waals surface area contributed by atoms with E-state index in [-0.39, 0.29) is 0 Å². The normalized spacial score (nSPS) is 11.9. The number of hydrogen-bond donors (Lipinski definition) is 0. The summed E-state index contributed by atoms with van der Waals surface area (Å²) in [7, 11) is 0. The summed E-state index contributed by atoms with van der Waals surface area (Å²) < 4.78 is 11.7. The Morgan fingerprint density at radius 2 is 1.05 bits per heavy atom. The molecule has 0 atom stereocenters. The zero-order valence-electron chi connectivity index (χ0n) is 30.4. The van der Waals surface area contributed by atoms with E-state index in [0.29, 0.717) is 17.5 Å². The van der Waals surface area contributed by atoms with E-state index in [2.05, 4.69) is 120 Å². The van der Waals surface area contributed by atoms with Crippen LogP contribution in [0.5, 0.6) is 0 Å². The molecule has 0 radical (unpaired) electrons. The van der Waals surface area contributed by atoms with E-state index in [1.165, 1.54) is 47.5 Å². The van der Waals surface area contributed by atoms with Crippen molar-refractivity contribution >= 4 is 75.3 Å². The van der Waals surface area contributed by atoms with Crippen LogP contribution in [-0.2, 0) is 0 Å². The topological polar surface area (TPSA) is 56.7 Å². The van der Waals surface area contributed by atoms with Gasteiger partial charge in [-0.3, -0.25) is 0 Å². The Balaban J connectivity index is 1.08. The van der Waals surface area contributed by atoms with Gasteiger partial charge in [0.25, 0.3) is 0 Å². The van der Waals surface area contributed by atoms with Gasteiger partial charge in [-0.1, -0.05) is 127 Å². The third kappa shape index (κ3) is 5.04. The zero-order valence-corrected chi connectivity index (χ0v) is 31.2. The summed E-state index contributed by atoms with van der Waals surface area (Å²) in [6, 6.07) is 63.8. The number of thiophene rings is 1. The van der Waals surface area contributed by atoms with Gasteiger partial charge in [0, 0.05) is 58.5 Å². The van der Waals surface area contributed by atoms with Crippen molar-refractivity contribution in [3.63, 3.8) is 0 Å². The maximum atomic E-state index is 6.72. The van der Waals surface area contributed by atoms with Crippen LogP contribution in [0.4, 0.5) is 0 Å².